The maximum Gasteiger partial charge on any atom is 0.316 e. The SMILES string of the molecule is CC(C)CC(NC(=O)[C@@H]1CC(C(C)C)CN1C(=O)C(NC(=O)NC(C(=O)c1ccccc1)C(C)C)C(C)(C)C)C(=O)C(N)=O. The number of ketones is 2. The van der Waals surface area contributed by atoms with Crippen molar-refractivity contribution in [2.75, 3.05) is 6.54 Å². The number of likely N-dealkylation sites (tertiary alicyclic amines) is 1. The summed E-state index contributed by atoms with van der Waals surface area (Å²) in [4.78, 5) is 80.0. The highest BCUT2D eigenvalue weighted by molar-refractivity contribution is 6.37. The summed E-state index contributed by atoms with van der Waals surface area (Å²) in [6.45, 7) is 17.1. The summed E-state index contributed by atoms with van der Waals surface area (Å²) in [5, 5.41) is 8.23. The molecule has 0 spiro atoms. The van der Waals surface area contributed by atoms with Gasteiger partial charge in [0.25, 0.3) is 5.91 Å². The fourth-order valence-electron chi connectivity index (χ4n) is 5.43. The first-order valence-electron chi connectivity index (χ1n) is 15.5. The molecular weight excluding hydrogens is 562 g/mol. The zero-order chi connectivity index (χ0) is 33.5. The highest BCUT2D eigenvalue weighted by Gasteiger charge is 2.46. The third-order valence-electron chi connectivity index (χ3n) is 8.13. The molecule has 5 atom stereocenters. The van der Waals surface area contributed by atoms with Gasteiger partial charge in [-0.2, -0.15) is 0 Å². The second-order valence-electron chi connectivity index (χ2n) is 14.0. The average Bonchev–Trinajstić information content (AvgIpc) is 3.39. The zero-order valence-electron chi connectivity index (χ0n) is 27.6. The van der Waals surface area contributed by atoms with Crippen LogP contribution in [-0.4, -0.2) is 70.9 Å². The van der Waals surface area contributed by atoms with Crippen LogP contribution in [0.4, 0.5) is 4.79 Å². The first kappa shape index (κ1) is 36.4. The number of rotatable bonds is 13. The van der Waals surface area contributed by atoms with Crippen LogP contribution in [0.1, 0.15) is 85.5 Å². The van der Waals surface area contributed by atoms with E-state index in [1.807, 2.05) is 41.5 Å². The third-order valence-corrected chi connectivity index (χ3v) is 8.13. The molecule has 0 aromatic heterocycles. The average molecular weight is 614 g/mol. The molecule has 1 heterocycles. The number of hydrogen-bond donors (Lipinski definition) is 4. The molecule has 1 aromatic carbocycles. The molecule has 5 N–H and O–H groups in total. The minimum absolute atomic E-state index is 0.00616. The number of hydrogen-bond acceptors (Lipinski definition) is 6. The van der Waals surface area contributed by atoms with Crippen molar-refractivity contribution in [1.29, 1.82) is 0 Å². The first-order valence-corrected chi connectivity index (χ1v) is 15.5. The summed E-state index contributed by atoms with van der Waals surface area (Å²) in [7, 11) is 0. The van der Waals surface area contributed by atoms with Gasteiger partial charge in [-0.25, -0.2) is 4.79 Å². The Bertz CT molecular complexity index is 1210. The van der Waals surface area contributed by atoms with E-state index in [0.29, 0.717) is 12.0 Å². The van der Waals surface area contributed by atoms with Crippen LogP contribution in [0.2, 0.25) is 0 Å². The Morgan fingerprint density at radius 1 is 0.909 bits per heavy atom. The Labute approximate surface area is 261 Å². The molecule has 1 saturated heterocycles. The van der Waals surface area contributed by atoms with Crippen molar-refractivity contribution in [3.05, 3.63) is 35.9 Å². The molecule has 11 heteroatoms. The lowest BCUT2D eigenvalue weighted by molar-refractivity contribution is -0.143. The highest BCUT2D eigenvalue weighted by Crippen LogP contribution is 2.32. The van der Waals surface area contributed by atoms with Gasteiger partial charge in [0.05, 0.1) is 12.1 Å². The van der Waals surface area contributed by atoms with E-state index in [1.165, 1.54) is 4.90 Å². The van der Waals surface area contributed by atoms with Gasteiger partial charge in [0.2, 0.25) is 17.6 Å². The first-order chi connectivity index (χ1) is 20.3. The van der Waals surface area contributed by atoms with E-state index >= 15 is 0 Å². The smallest absolute Gasteiger partial charge is 0.316 e. The van der Waals surface area contributed by atoms with E-state index in [2.05, 4.69) is 16.0 Å². The Kier molecular flexibility index (Phi) is 12.7. The van der Waals surface area contributed by atoms with Gasteiger partial charge < -0.3 is 26.6 Å². The molecular formula is C33H51N5O6. The van der Waals surface area contributed by atoms with Gasteiger partial charge in [0.1, 0.15) is 12.1 Å². The van der Waals surface area contributed by atoms with Gasteiger partial charge in [-0.1, -0.05) is 92.6 Å². The quantitative estimate of drug-likeness (QED) is 0.197. The minimum atomic E-state index is -1.14. The van der Waals surface area contributed by atoms with Gasteiger partial charge in [0.15, 0.2) is 5.78 Å². The molecule has 44 heavy (non-hydrogen) atoms. The standard InChI is InChI=1S/C33H51N5O6/c1-18(2)15-23(27(40)29(34)41)35-30(42)24-16-22(19(3)4)17-38(24)31(43)28(33(7,8)9)37-32(44)36-25(20(5)6)26(39)21-13-11-10-12-14-21/h10-14,18-20,22-25,28H,15-17H2,1-9H3,(H2,34,41)(H,35,42)(H2,36,37,44)/t22?,23?,24-,25?,28?/m0/s1. The molecule has 0 saturated carbocycles. The molecule has 4 unspecified atom stereocenters. The van der Waals surface area contributed by atoms with Crippen LogP contribution < -0.4 is 21.7 Å². The normalized spacial score (nSPS) is 19.0. The molecule has 0 radical (unpaired) electrons. The summed E-state index contributed by atoms with van der Waals surface area (Å²) in [5.41, 5.74) is 4.95. The van der Waals surface area contributed by atoms with E-state index in [1.54, 1.807) is 51.1 Å². The van der Waals surface area contributed by atoms with Crippen molar-refractivity contribution in [2.24, 2.45) is 34.8 Å². The molecule has 0 bridgehead atoms. The summed E-state index contributed by atoms with van der Waals surface area (Å²) >= 11 is 0. The fraction of sp³-hybridized carbons (Fsp3) is 0.636. The molecule has 1 aliphatic rings. The van der Waals surface area contributed by atoms with E-state index in [-0.39, 0.29) is 42.4 Å². The number of primary amides is 1. The summed E-state index contributed by atoms with van der Waals surface area (Å²) in [6.07, 6.45) is 0.575. The van der Waals surface area contributed by atoms with Crippen LogP contribution in [-0.2, 0) is 19.2 Å². The Balaban J connectivity index is 2.33. The maximum atomic E-state index is 14.2. The van der Waals surface area contributed by atoms with Crippen LogP contribution in [0.25, 0.3) is 0 Å². The molecule has 1 fully saturated rings. The van der Waals surface area contributed by atoms with E-state index < -0.39 is 59.1 Å². The number of carbonyl (C=O) groups is 6. The monoisotopic (exact) mass is 613 g/mol. The number of amides is 5. The Morgan fingerprint density at radius 3 is 1.98 bits per heavy atom. The fourth-order valence-corrected chi connectivity index (χ4v) is 5.43. The molecule has 0 aliphatic carbocycles. The van der Waals surface area contributed by atoms with Crippen molar-refractivity contribution in [2.45, 2.75) is 99.3 Å². The molecule has 2 rings (SSSR count). The molecule has 11 nitrogen and oxygen atoms in total. The van der Waals surface area contributed by atoms with Crippen molar-refractivity contribution >= 4 is 35.3 Å². The predicted octanol–water partition coefficient (Wildman–Crippen LogP) is 3.07. The van der Waals surface area contributed by atoms with Gasteiger partial charge in [-0.15, -0.1) is 0 Å². The minimum Gasteiger partial charge on any atom is -0.363 e. The van der Waals surface area contributed by atoms with Crippen LogP contribution >= 0.6 is 0 Å². The van der Waals surface area contributed by atoms with E-state index in [0.717, 1.165) is 0 Å². The third kappa shape index (κ3) is 9.62. The van der Waals surface area contributed by atoms with Crippen molar-refractivity contribution in [1.82, 2.24) is 20.9 Å². The largest absolute Gasteiger partial charge is 0.363 e. The lowest BCUT2D eigenvalue weighted by atomic mass is 9.85. The Morgan fingerprint density at radius 2 is 1.50 bits per heavy atom. The predicted molar refractivity (Wildman–Crippen MR) is 168 cm³/mol. The number of urea groups is 1. The highest BCUT2D eigenvalue weighted by atomic mass is 16.2. The molecule has 1 aromatic rings. The van der Waals surface area contributed by atoms with Crippen LogP contribution in [0.5, 0.6) is 0 Å². The van der Waals surface area contributed by atoms with Crippen molar-refractivity contribution in [3.8, 4) is 0 Å². The van der Waals surface area contributed by atoms with Gasteiger partial charge in [-0.05, 0) is 41.9 Å². The number of carbonyl (C=O) groups excluding carboxylic acids is 6. The van der Waals surface area contributed by atoms with Gasteiger partial charge >= 0.3 is 6.03 Å². The molecule has 1 aliphatic heterocycles. The number of benzene rings is 1. The van der Waals surface area contributed by atoms with Gasteiger partial charge in [-0.3, -0.25) is 24.0 Å². The van der Waals surface area contributed by atoms with E-state index in [9.17, 15) is 28.8 Å². The van der Waals surface area contributed by atoms with Crippen molar-refractivity contribution in [3.63, 3.8) is 0 Å². The number of nitrogens with two attached hydrogens (primary N) is 1. The lowest BCUT2D eigenvalue weighted by Gasteiger charge is -2.36. The molecule has 5 amide bonds. The summed E-state index contributed by atoms with van der Waals surface area (Å²) in [5.74, 6) is -3.35. The second-order valence-corrected chi connectivity index (χ2v) is 14.0. The number of nitrogens with one attached hydrogen (secondary N) is 3. The van der Waals surface area contributed by atoms with Gasteiger partial charge in [0, 0.05) is 12.1 Å². The summed E-state index contributed by atoms with van der Waals surface area (Å²) in [6, 6.07) is 4.11. The second kappa shape index (κ2) is 15.3. The Hall–Kier alpha value is -3.76. The number of nitrogens with zero attached hydrogens (tertiary/aromatic N) is 1. The topological polar surface area (TPSA) is 168 Å². The molecule has 244 valence electrons. The number of Topliss-reactive ketones (excluding diaryl/α,β-unsaturated/α-hetero) is 2. The van der Waals surface area contributed by atoms with Crippen LogP contribution in [0.15, 0.2) is 30.3 Å². The summed E-state index contributed by atoms with van der Waals surface area (Å²) < 4.78 is 0. The van der Waals surface area contributed by atoms with Crippen molar-refractivity contribution < 1.29 is 28.8 Å². The van der Waals surface area contributed by atoms with E-state index in [4.69, 9.17) is 5.73 Å². The van der Waals surface area contributed by atoms with Crippen LogP contribution in [0, 0.1) is 29.1 Å². The zero-order valence-corrected chi connectivity index (χ0v) is 27.6. The lowest BCUT2D eigenvalue weighted by Crippen LogP contribution is -2.61. The van der Waals surface area contributed by atoms with Crippen LogP contribution in [0.3, 0.4) is 0 Å². The maximum absolute atomic E-state index is 14.2.